The predicted molar refractivity (Wildman–Crippen MR) is 56.7 cm³/mol. The van der Waals surface area contributed by atoms with Crippen molar-refractivity contribution in [2.75, 3.05) is 0 Å². The van der Waals surface area contributed by atoms with Gasteiger partial charge in [0.1, 0.15) is 0 Å². The molecule has 0 atom stereocenters. The van der Waals surface area contributed by atoms with E-state index in [2.05, 4.69) is 54.0 Å². The third kappa shape index (κ3) is 4.74. The van der Waals surface area contributed by atoms with Gasteiger partial charge in [0.05, 0.1) is 0 Å². The minimum atomic E-state index is 0. The molecule has 86 valence electrons. The third-order valence-corrected chi connectivity index (χ3v) is 2.60. The van der Waals surface area contributed by atoms with Gasteiger partial charge in [-0.15, -0.1) is 28.5 Å². The first-order valence-corrected chi connectivity index (χ1v) is 4.79. The van der Waals surface area contributed by atoms with Crippen LogP contribution in [0.4, 0.5) is 0 Å². The van der Waals surface area contributed by atoms with Gasteiger partial charge in [0.2, 0.25) is 0 Å². The van der Waals surface area contributed by atoms with Gasteiger partial charge >= 0.3 is 26.2 Å². The molecule has 0 bridgehead atoms. The Morgan fingerprint density at radius 3 is 2.12 bits per heavy atom. The van der Waals surface area contributed by atoms with Crippen LogP contribution in [-0.4, -0.2) is 0 Å². The SMILES string of the molecule is Cc1cc2c(C)cc(Br)cc2[cH-]1.[Cl-].[Cl-].[Cl-].[Zr+4]. The molecule has 0 spiro atoms. The monoisotopic (exact) mass is 416 g/mol. The van der Waals surface area contributed by atoms with Gasteiger partial charge in [0, 0.05) is 0 Å². The molecule has 16 heavy (non-hydrogen) atoms. The second-order valence-electron chi connectivity index (χ2n) is 3.26. The van der Waals surface area contributed by atoms with Gasteiger partial charge in [-0.1, -0.05) is 34.5 Å². The van der Waals surface area contributed by atoms with Crippen LogP contribution in [0.5, 0.6) is 0 Å². The maximum atomic E-state index is 3.49. The minimum absolute atomic E-state index is 0. The molecular weight excluding hydrogens is 410 g/mol. The number of hydrogen-bond acceptors (Lipinski definition) is 0. The summed E-state index contributed by atoms with van der Waals surface area (Å²) in [6, 6.07) is 8.77. The zero-order valence-corrected chi connectivity index (χ0v) is 15.1. The van der Waals surface area contributed by atoms with E-state index in [9.17, 15) is 0 Å². The summed E-state index contributed by atoms with van der Waals surface area (Å²) in [6.07, 6.45) is 0. The van der Waals surface area contributed by atoms with Gasteiger partial charge in [-0.05, 0) is 11.4 Å². The van der Waals surface area contributed by atoms with Crippen molar-refractivity contribution in [1.82, 2.24) is 0 Å². The normalized spacial score (nSPS) is 8.19. The Hall–Kier alpha value is 1.06. The number of benzene rings is 1. The molecular formula is C11H10BrCl3Zr. The molecule has 0 aliphatic rings. The Labute approximate surface area is 142 Å². The average Bonchev–Trinajstić information content (AvgIpc) is 2.29. The Balaban J connectivity index is -0.000000422. The van der Waals surface area contributed by atoms with Crippen molar-refractivity contribution in [3.63, 3.8) is 0 Å². The number of rotatable bonds is 0. The van der Waals surface area contributed by atoms with E-state index in [4.69, 9.17) is 0 Å². The van der Waals surface area contributed by atoms with Crippen molar-refractivity contribution < 1.29 is 63.4 Å². The Kier molecular flexibility index (Phi) is 12.6. The smallest absolute Gasteiger partial charge is 1.00 e. The first-order chi connectivity index (χ1) is 5.66. The van der Waals surface area contributed by atoms with Gasteiger partial charge in [-0.2, -0.15) is 6.07 Å². The van der Waals surface area contributed by atoms with Crippen molar-refractivity contribution in [1.29, 1.82) is 0 Å². The molecule has 0 heterocycles. The summed E-state index contributed by atoms with van der Waals surface area (Å²) in [7, 11) is 0. The summed E-state index contributed by atoms with van der Waals surface area (Å²) in [5.41, 5.74) is 2.68. The van der Waals surface area contributed by atoms with Gasteiger partial charge < -0.3 is 37.2 Å². The molecule has 2 aromatic carbocycles. The van der Waals surface area contributed by atoms with Crippen LogP contribution in [0.25, 0.3) is 10.8 Å². The summed E-state index contributed by atoms with van der Waals surface area (Å²) in [5, 5.41) is 2.70. The molecule has 0 fully saturated rings. The molecule has 0 saturated carbocycles. The summed E-state index contributed by atoms with van der Waals surface area (Å²) >= 11 is 3.49. The van der Waals surface area contributed by atoms with E-state index in [0.717, 1.165) is 4.47 Å². The molecule has 0 aliphatic carbocycles. The second-order valence-corrected chi connectivity index (χ2v) is 4.17. The van der Waals surface area contributed by atoms with E-state index >= 15 is 0 Å². The molecule has 0 N–H and O–H groups in total. The van der Waals surface area contributed by atoms with Crippen molar-refractivity contribution in [3.8, 4) is 0 Å². The van der Waals surface area contributed by atoms with Gasteiger partial charge in [-0.3, -0.25) is 0 Å². The van der Waals surface area contributed by atoms with Crippen molar-refractivity contribution >= 4 is 26.7 Å². The molecule has 0 nitrogen and oxygen atoms in total. The van der Waals surface area contributed by atoms with Crippen molar-refractivity contribution in [2.24, 2.45) is 0 Å². The molecule has 0 radical (unpaired) electrons. The average molecular weight is 420 g/mol. The number of aryl methyl sites for hydroxylation is 2. The molecule has 0 unspecified atom stereocenters. The zero-order chi connectivity index (χ0) is 8.72. The van der Waals surface area contributed by atoms with E-state index in [1.165, 1.54) is 21.9 Å². The maximum Gasteiger partial charge on any atom is 4.00 e. The Morgan fingerprint density at radius 1 is 1.00 bits per heavy atom. The first kappa shape index (κ1) is 22.3. The van der Waals surface area contributed by atoms with Gasteiger partial charge in [0.15, 0.2) is 0 Å². The second kappa shape index (κ2) is 9.05. The minimum Gasteiger partial charge on any atom is -1.00 e. The van der Waals surface area contributed by atoms with Crippen molar-refractivity contribution in [2.45, 2.75) is 13.8 Å². The van der Waals surface area contributed by atoms with Crippen LogP contribution in [0.1, 0.15) is 11.1 Å². The number of fused-ring (bicyclic) bond motifs is 1. The third-order valence-electron chi connectivity index (χ3n) is 2.14. The van der Waals surface area contributed by atoms with E-state index < -0.39 is 0 Å². The van der Waals surface area contributed by atoms with Gasteiger partial charge in [-0.25, -0.2) is 0 Å². The van der Waals surface area contributed by atoms with E-state index in [1.807, 2.05) is 0 Å². The van der Waals surface area contributed by atoms with Crippen LogP contribution in [0.15, 0.2) is 28.7 Å². The Bertz CT molecular complexity index is 440. The van der Waals surface area contributed by atoms with Crippen LogP contribution < -0.4 is 37.2 Å². The summed E-state index contributed by atoms with van der Waals surface area (Å²) in [6.45, 7) is 4.28. The van der Waals surface area contributed by atoms with Crippen LogP contribution in [-0.2, 0) is 26.2 Å². The maximum absolute atomic E-state index is 3.49. The first-order valence-electron chi connectivity index (χ1n) is 4.00. The number of hydrogen-bond donors (Lipinski definition) is 0. The topological polar surface area (TPSA) is 0 Å². The Morgan fingerprint density at radius 2 is 1.56 bits per heavy atom. The van der Waals surface area contributed by atoms with Crippen LogP contribution in [0.2, 0.25) is 0 Å². The quantitative estimate of drug-likeness (QED) is 0.375. The standard InChI is InChI=1S/C11H10Br.3ClH.Zr/c1-7-3-9-6-10(12)5-8(2)11(9)4-7;;;;/h3-6H,1-2H3;3*1H;/q-1;;;;+4/p-3. The molecule has 0 aliphatic heterocycles. The predicted octanol–water partition coefficient (Wildman–Crippen LogP) is -5.05. The van der Waals surface area contributed by atoms with Crippen LogP contribution >= 0.6 is 15.9 Å². The van der Waals surface area contributed by atoms with E-state index in [0.29, 0.717) is 0 Å². The fraction of sp³-hybridized carbons (Fsp3) is 0.182. The fourth-order valence-corrected chi connectivity index (χ4v) is 2.20. The fourth-order valence-electron chi connectivity index (χ4n) is 1.61. The molecule has 2 rings (SSSR count). The van der Waals surface area contributed by atoms with Crippen LogP contribution in [0, 0.1) is 13.8 Å². The van der Waals surface area contributed by atoms with Crippen molar-refractivity contribution in [3.05, 3.63) is 39.9 Å². The largest absolute Gasteiger partial charge is 4.00 e. The molecule has 5 heteroatoms. The van der Waals surface area contributed by atoms with E-state index in [1.54, 1.807) is 0 Å². The van der Waals surface area contributed by atoms with E-state index in [-0.39, 0.29) is 63.4 Å². The van der Waals surface area contributed by atoms with Gasteiger partial charge in [0.25, 0.3) is 0 Å². The zero-order valence-electron chi connectivity index (χ0n) is 8.82. The molecule has 0 amide bonds. The summed E-state index contributed by atoms with van der Waals surface area (Å²) in [4.78, 5) is 0. The number of halogens is 4. The molecule has 0 aromatic heterocycles. The van der Waals surface area contributed by atoms with Crippen LogP contribution in [0.3, 0.4) is 0 Å². The summed E-state index contributed by atoms with van der Waals surface area (Å²) in [5.74, 6) is 0. The molecule has 0 saturated heterocycles. The molecule has 2 aromatic rings. The summed E-state index contributed by atoms with van der Waals surface area (Å²) < 4.78 is 1.16.